The molecule has 0 radical (unpaired) electrons. The summed E-state index contributed by atoms with van der Waals surface area (Å²) >= 11 is 0. The van der Waals surface area contributed by atoms with Crippen LogP contribution >= 0.6 is 0 Å². The number of quaternary nitrogens is 1. The molecule has 0 fully saturated rings. The van der Waals surface area contributed by atoms with Gasteiger partial charge in [-0.3, -0.25) is 0 Å². The summed E-state index contributed by atoms with van der Waals surface area (Å²) < 4.78 is 0.833. The quantitative estimate of drug-likeness (QED) is 0.539. The van der Waals surface area contributed by atoms with Gasteiger partial charge in [-0.1, -0.05) is 24.3 Å². The lowest BCUT2D eigenvalue weighted by Crippen LogP contribution is -2.25. The maximum Gasteiger partial charge on any atom is 0.0879 e. The van der Waals surface area contributed by atoms with E-state index in [0.29, 0.717) is 0 Å². The van der Waals surface area contributed by atoms with Crippen molar-refractivity contribution in [2.45, 2.75) is 6.42 Å². The Bertz CT molecular complexity index is 265. The molecule has 70 valence electrons. The molecule has 2 rings (SSSR count). The van der Waals surface area contributed by atoms with Gasteiger partial charge in [0.2, 0.25) is 0 Å². The molecule has 0 aromatic carbocycles. The summed E-state index contributed by atoms with van der Waals surface area (Å²) in [5.74, 6) is 0. The average Bonchev–Trinajstić information content (AvgIpc) is 2.66. The summed E-state index contributed by atoms with van der Waals surface area (Å²) in [7, 11) is 6.19. The molecule has 0 heterocycles. The predicted molar refractivity (Wildman–Crippen MR) is 58.2 cm³/mol. The number of hydrogen-bond donors (Lipinski definition) is 0. The van der Waals surface area contributed by atoms with Crippen molar-refractivity contribution in [1.82, 2.24) is 0 Å². The number of allylic oxidation sites excluding steroid dienone is 6. The molecule has 0 saturated carbocycles. The van der Waals surface area contributed by atoms with Crippen LogP contribution in [0.2, 0.25) is 0 Å². The zero-order valence-corrected chi connectivity index (χ0v) is 8.75. The van der Waals surface area contributed by atoms with Crippen molar-refractivity contribution in [3.8, 4) is 0 Å². The molecule has 0 saturated heterocycles. The third-order valence-corrected chi connectivity index (χ3v) is 1.98. The van der Waals surface area contributed by atoms with E-state index < -0.39 is 0 Å². The van der Waals surface area contributed by atoms with Crippen molar-refractivity contribution in [2.24, 2.45) is 0 Å². The molecule has 1 nitrogen and oxygen atoms in total. The maximum atomic E-state index is 3.60. The molecule has 0 spiro atoms. The van der Waals surface area contributed by atoms with Crippen LogP contribution < -0.4 is 0 Å². The Balaban J connectivity index is 0.000000133. The summed E-state index contributed by atoms with van der Waals surface area (Å²) in [6.45, 7) is 3.60. The second-order valence-electron chi connectivity index (χ2n) is 4.29. The van der Waals surface area contributed by atoms with E-state index in [9.17, 15) is 0 Å². The Labute approximate surface area is 81.0 Å². The normalized spacial score (nSPS) is 17.5. The van der Waals surface area contributed by atoms with Crippen LogP contribution in [0.4, 0.5) is 0 Å². The van der Waals surface area contributed by atoms with Gasteiger partial charge in [-0.15, -0.1) is 0 Å². The highest BCUT2D eigenvalue weighted by atomic mass is 15.3. The van der Waals surface area contributed by atoms with E-state index in [2.05, 4.69) is 52.0 Å². The van der Waals surface area contributed by atoms with Crippen LogP contribution in [0.5, 0.6) is 0 Å². The van der Waals surface area contributed by atoms with Gasteiger partial charge in [0.15, 0.2) is 0 Å². The molecule has 13 heavy (non-hydrogen) atoms. The van der Waals surface area contributed by atoms with Crippen molar-refractivity contribution in [3.05, 3.63) is 48.2 Å². The maximum absolute atomic E-state index is 3.60. The minimum Gasteiger partial charge on any atom is -0.305 e. The molecule has 0 unspecified atom stereocenters. The first-order valence-electron chi connectivity index (χ1n) is 4.54. The van der Waals surface area contributed by atoms with Crippen LogP contribution in [0.3, 0.4) is 0 Å². The molecule has 0 aromatic rings. The van der Waals surface area contributed by atoms with E-state index in [1.807, 2.05) is 6.20 Å². The van der Waals surface area contributed by atoms with Crippen LogP contribution in [-0.2, 0) is 0 Å². The fraction of sp³-hybridized carbons (Fsp3) is 0.333. The highest BCUT2D eigenvalue weighted by Gasteiger charge is 2.07. The molecule has 0 atom stereocenters. The largest absolute Gasteiger partial charge is 0.305 e. The fourth-order valence-electron chi connectivity index (χ4n) is 1.01. The molecule has 0 amide bonds. The lowest BCUT2D eigenvalue weighted by molar-refractivity contribution is -0.816. The SMILES string of the molecule is C1=CC2=CC=C1C2.C=C[N+](C)(C)C. The van der Waals surface area contributed by atoms with E-state index in [0.717, 1.165) is 4.48 Å². The molecular formula is C12H18N+. The fourth-order valence-corrected chi connectivity index (χ4v) is 1.01. The highest BCUT2D eigenvalue weighted by molar-refractivity contribution is 5.49. The lowest BCUT2D eigenvalue weighted by atomic mass is 10.3. The number of hydrogen-bond acceptors (Lipinski definition) is 0. The van der Waals surface area contributed by atoms with Crippen LogP contribution in [0.15, 0.2) is 48.2 Å². The summed E-state index contributed by atoms with van der Waals surface area (Å²) in [6.07, 6.45) is 11.8. The zero-order valence-electron chi connectivity index (χ0n) is 8.75. The summed E-state index contributed by atoms with van der Waals surface area (Å²) in [6, 6.07) is 0. The number of rotatable bonds is 1. The minimum absolute atomic E-state index is 0.833. The van der Waals surface area contributed by atoms with Crippen molar-refractivity contribution in [1.29, 1.82) is 0 Å². The number of nitrogens with zero attached hydrogens (tertiary/aromatic N) is 1. The Morgan fingerprint density at radius 1 is 1.15 bits per heavy atom. The van der Waals surface area contributed by atoms with Gasteiger partial charge >= 0.3 is 0 Å². The van der Waals surface area contributed by atoms with Crippen LogP contribution in [0, 0.1) is 0 Å². The zero-order chi connectivity index (χ0) is 9.90. The lowest BCUT2D eigenvalue weighted by Gasteiger charge is -2.15. The van der Waals surface area contributed by atoms with E-state index in [4.69, 9.17) is 0 Å². The van der Waals surface area contributed by atoms with Gasteiger partial charge in [0.25, 0.3) is 0 Å². The summed E-state index contributed by atoms with van der Waals surface area (Å²) in [4.78, 5) is 0. The van der Waals surface area contributed by atoms with Gasteiger partial charge in [0, 0.05) is 0 Å². The Hall–Kier alpha value is -1.08. The standard InChI is InChI=1S/C7H6.C5H12N/c1-2-7-4-3-6(1)5-7;1-5-6(2,3)4/h1-4H,5H2;5H,1H2,2-4H3/q;+1. The van der Waals surface area contributed by atoms with E-state index in [1.165, 1.54) is 17.6 Å². The van der Waals surface area contributed by atoms with Crippen molar-refractivity contribution < 1.29 is 4.48 Å². The average molecular weight is 176 g/mol. The van der Waals surface area contributed by atoms with Crippen molar-refractivity contribution in [3.63, 3.8) is 0 Å². The van der Waals surface area contributed by atoms with E-state index >= 15 is 0 Å². The third kappa shape index (κ3) is 3.43. The first-order valence-corrected chi connectivity index (χ1v) is 4.54. The molecule has 1 heteroatoms. The second kappa shape index (κ2) is 3.75. The van der Waals surface area contributed by atoms with Gasteiger partial charge in [-0.25, -0.2) is 0 Å². The Morgan fingerprint density at radius 3 is 1.62 bits per heavy atom. The summed E-state index contributed by atoms with van der Waals surface area (Å²) in [5, 5.41) is 0. The van der Waals surface area contributed by atoms with Crippen LogP contribution in [0.1, 0.15) is 6.42 Å². The molecule has 0 N–H and O–H groups in total. The van der Waals surface area contributed by atoms with Crippen molar-refractivity contribution in [2.75, 3.05) is 21.1 Å². The smallest absolute Gasteiger partial charge is 0.0879 e. The minimum atomic E-state index is 0.833. The highest BCUT2D eigenvalue weighted by Crippen LogP contribution is 2.27. The first kappa shape index (κ1) is 10.0. The van der Waals surface area contributed by atoms with Crippen LogP contribution in [-0.4, -0.2) is 25.6 Å². The molecule has 0 aromatic heterocycles. The Morgan fingerprint density at radius 2 is 1.54 bits per heavy atom. The Kier molecular flexibility index (Phi) is 2.89. The van der Waals surface area contributed by atoms with E-state index in [1.54, 1.807) is 0 Å². The van der Waals surface area contributed by atoms with Crippen LogP contribution in [0.25, 0.3) is 0 Å². The second-order valence-corrected chi connectivity index (χ2v) is 4.29. The molecular weight excluding hydrogens is 158 g/mol. The molecule has 0 aliphatic heterocycles. The van der Waals surface area contributed by atoms with Gasteiger partial charge < -0.3 is 4.48 Å². The number of fused-ring (bicyclic) bond motifs is 2. The van der Waals surface area contributed by atoms with Gasteiger partial charge in [-0.05, 0) is 24.1 Å². The molecule has 2 aliphatic carbocycles. The molecule has 2 bridgehead atoms. The first-order chi connectivity index (χ1) is 6.01. The predicted octanol–water partition coefficient (Wildman–Crippen LogP) is 2.65. The van der Waals surface area contributed by atoms with E-state index in [-0.39, 0.29) is 0 Å². The topological polar surface area (TPSA) is 0 Å². The molecule has 2 aliphatic rings. The van der Waals surface area contributed by atoms with Crippen molar-refractivity contribution >= 4 is 0 Å². The van der Waals surface area contributed by atoms with Gasteiger partial charge in [0.1, 0.15) is 0 Å². The van der Waals surface area contributed by atoms with Gasteiger partial charge in [-0.2, -0.15) is 0 Å². The third-order valence-electron chi connectivity index (χ3n) is 1.98. The van der Waals surface area contributed by atoms with Gasteiger partial charge in [0.05, 0.1) is 27.3 Å². The monoisotopic (exact) mass is 176 g/mol. The summed E-state index contributed by atoms with van der Waals surface area (Å²) in [5.41, 5.74) is 2.94.